The Morgan fingerprint density at radius 1 is 0.935 bits per heavy atom. The van der Waals surface area contributed by atoms with Crippen molar-refractivity contribution in [2.24, 2.45) is 0 Å². The SMILES string of the molecule is CCCCN(CCCC)Cc1c(OC(C)C)cc(-c2c(CC)cccc2CC)nc1C. The van der Waals surface area contributed by atoms with Crippen molar-refractivity contribution in [3.8, 4) is 17.0 Å². The summed E-state index contributed by atoms with van der Waals surface area (Å²) in [6.07, 6.45) is 7.07. The first kappa shape index (κ1) is 25.4. The zero-order valence-electron chi connectivity index (χ0n) is 21.1. The van der Waals surface area contributed by atoms with Crippen LogP contribution in [-0.2, 0) is 19.4 Å². The van der Waals surface area contributed by atoms with Gasteiger partial charge in [-0.1, -0.05) is 58.7 Å². The van der Waals surface area contributed by atoms with Crippen molar-refractivity contribution in [3.63, 3.8) is 0 Å². The van der Waals surface area contributed by atoms with Gasteiger partial charge < -0.3 is 4.74 Å². The molecular formula is C28H44N2O. The highest BCUT2D eigenvalue weighted by atomic mass is 16.5. The van der Waals surface area contributed by atoms with E-state index < -0.39 is 0 Å². The van der Waals surface area contributed by atoms with E-state index in [1.807, 2.05) is 0 Å². The predicted molar refractivity (Wildman–Crippen MR) is 134 cm³/mol. The highest BCUT2D eigenvalue weighted by Crippen LogP contribution is 2.34. The Morgan fingerprint density at radius 2 is 1.52 bits per heavy atom. The van der Waals surface area contributed by atoms with Gasteiger partial charge in [-0.15, -0.1) is 0 Å². The second-order valence-corrected chi connectivity index (χ2v) is 8.88. The molecule has 0 saturated heterocycles. The normalized spacial score (nSPS) is 11.5. The van der Waals surface area contributed by atoms with Crippen molar-refractivity contribution in [1.82, 2.24) is 9.88 Å². The topological polar surface area (TPSA) is 25.4 Å². The summed E-state index contributed by atoms with van der Waals surface area (Å²) in [6, 6.07) is 8.85. The fourth-order valence-corrected chi connectivity index (χ4v) is 4.18. The molecule has 3 nitrogen and oxygen atoms in total. The van der Waals surface area contributed by atoms with Crippen LogP contribution in [0.15, 0.2) is 24.3 Å². The molecule has 0 amide bonds. The molecule has 0 aliphatic rings. The third-order valence-corrected chi connectivity index (χ3v) is 5.95. The van der Waals surface area contributed by atoms with Crippen molar-refractivity contribution in [1.29, 1.82) is 0 Å². The lowest BCUT2D eigenvalue weighted by Gasteiger charge is -2.26. The number of benzene rings is 1. The van der Waals surface area contributed by atoms with Gasteiger partial charge in [-0.2, -0.15) is 0 Å². The molecule has 1 aromatic carbocycles. The molecule has 2 rings (SSSR count). The fourth-order valence-electron chi connectivity index (χ4n) is 4.18. The van der Waals surface area contributed by atoms with E-state index in [1.165, 1.54) is 47.9 Å². The van der Waals surface area contributed by atoms with E-state index in [4.69, 9.17) is 9.72 Å². The lowest BCUT2D eigenvalue weighted by atomic mass is 9.94. The molecule has 0 spiro atoms. The van der Waals surface area contributed by atoms with Gasteiger partial charge >= 0.3 is 0 Å². The first-order valence-electron chi connectivity index (χ1n) is 12.5. The highest BCUT2D eigenvalue weighted by molar-refractivity contribution is 5.70. The van der Waals surface area contributed by atoms with Gasteiger partial charge in [0, 0.05) is 29.4 Å². The molecule has 1 aromatic heterocycles. The number of rotatable bonds is 13. The summed E-state index contributed by atoms with van der Waals surface area (Å²) in [5.41, 5.74) is 7.42. The summed E-state index contributed by atoms with van der Waals surface area (Å²) in [4.78, 5) is 7.72. The molecule has 0 N–H and O–H groups in total. The van der Waals surface area contributed by atoms with Gasteiger partial charge in [-0.05, 0) is 70.7 Å². The largest absolute Gasteiger partial charge is 0.491 e. The second-order valence-electron chi connectivity index (χ2n) is 8.88. The van der Waals surface area contributed by atoms with Crippen LogP contribution < -0.4 is 4.74 Å². The van der Waals surface area contributed by atoms with E-state index in [0.29, 0.717) is 0 Å². The van der Waals surface area contributed by atoms with Crippen LogP contribution >= 0.6 is 0 Å². The maximum Gasteiger partial charge on any atom is 0.128 e. The average molecular weight is 425 g/mol. The average Bonchev–Trinajstić information content (AvgIpc) is 2.76. The molecule has 0 bridgehead atoms. The Labute approximate surface area is 191 Å². The summed E-state index contributed by atoms with van der Waals surface area (Å²) in [5, 5.41) is 0. The molecule has 31 heavy (non-hydrogen) atoms. The minimum absolute atomic E-state index is 0.139. The third kappa shape index (κ3) is 7.07. The van der Waals surface area contributed by atoms with Crippen LogP contribution in [0.2, 0.25) is 0 Å². The Morgan fingerprint density at radius 3 is 2.00 bits per heavy atom. The lowest BCUT2D eigenvalue weighted by Crippen LogP contribution is -2.27. The number of aromatic nitrogens is 1. The van der Waals surface area contributed by atoms with E-state index in [2.05, 4.69) is 77.6 Å². The second kappa shape index (κ2) is 12.9. The summed E-state index contributed by atoms with van der Waals surface area (Å²) in [7, 11) is 0. The van der Waals surface area contributed by atoms with Crippen LogP contribution in [0.1, 0.15) is 89.6 Å². The first-order chi connectivity index (χ1) is 14.9. The van der Waals surface area contributed by atoms with Crippen LogP contribution in [0.3, 0.4) is 0 Å². The molecule has 0 unspecified atom stereocenters. The summed E-state index contributed by atoms with van der Waals surface area (Å²) in [6.45, 7) is 18.6. The van der Waals surface area contributed by atoms with Crippen LogP contribution in [0.25, 0.3) is 11.3 Å². The van der Waals surface area contributed by atoms with Gasteiger partial charge in [0.25, 0.3) is 0 Å². The molecule has 0 aliphatic heterocycles. The quantitative estimate of drug-likeness (QED) is 0.335. The molecule has 0 atom stereocenters. The zero-order valence-corrected chi connectivity index (χ0v) is 21.1. The van der Waals surface area contributed by atoms with Crippen LogP contribution in [0, 0.1) is 6.92 Å². The Bertz CT molecular complexity index is 783. The monoisotopic (exact) mass is 424 g/mol. The molecule has 0 fully saturated rings. The number of aryl methyl sites for hydroxylation is 3. The van der Waals surface area contributed by atoms with Crippen molar-refractivity contribution in [2.75, 3.05) is 13.1 Å². The van der Waals surface area contributed by atoms with Crippen molar-refractivity contribution < 1.29 is 4.74 Å². The van der Waals surface area contributed by atoms with Crippen LogP contribution in [0.5, 0.6) is 5.75 Å². The fraction of sp³-hybridized carbons (Fsp3) is 0.607. The van der Waals surface area contributed by atoms with Gasteiger partial charge in [-0.25, -0.2) is 0 Å². The molecule has 3 heteroatoms. The first-order valence-corrected chi connectivity index (χ1v) is 12.5. The highest BCUT2D eigenvalue weighted by Gasteiger charge is 2.19. The molecule has 0 radical (unpaired) electrons. The summed E-state index contributed by atoms with van der Waals surface area (Å²) >= 11 is 0. The smallest absolute Gasteiger partial charge is 0.128 e. The standard InChI is InChI=1S/C28H44N2O/c1-8-12-17-30(18-13-9-2)20-25-22(7)29-26(19-27(25)31-21(5)6)28-23(10-3)15-14-16-24(28)11-4/h14-16,19,21H,8-13,17-18,20H2,1-7H3. The number of hydrogen-bond acceptors (Lipinski definition) is 3. The molecular weight excluding hydrogens is 380 g/mol. The van der Waals surface area contributed by atoms with Crippen molar-refractivity contribution in [2.45, 2.75) is 99.6 Å². The Balaban J connectivity index is 2.52. The van der Waals surface area contributed by atoms with Gasteiger partial charge in [0.05, 0.1) is 11.8 Å². The van der Waals surface area contributed by atoms with Crippen molar-refractivity contribution >= 4 is 0 Å². The molecule has 2 aromatic rings. The number of ether oxygens (including phenoxy) is 1. The molecule has 0 aliphatic carbocycles. The Kier molecular flexibility index (Phi) is 10.5. The van der Waals surface area contributed by atoms with Gasteiger partial charge in [0.2, 0.25) is 0 Å². The van der Waals surface area contributed by atoms with Crippen LogP contribution in [0.4, 0.5) is 0 Å². The van der Waals surface area contributed by atoms with E-state index in [9.17, 15) is 0 Å². The third-order valence-electron chi connectivity index (χ3n) is 5.95. The lowest BCUT2D eigenvalue weighted by molar-refractivity contribution is 0.223. The van der Waals surface area contributed by atoms with Crippen molar-refractivity contribution in [3.05, 3.63) is 46.6 Å². The maximum atomic E-state index is 6.38. The van der Waals surface area contributed by atoms with Gasteiger partial charge in [-0.3, -0.25) is 9.88 Å². The number of nitrogens with zero attached hydrogens (tertiary/aromatic N) is 2. The van der Waals surface area contributed by atoms with Crippen LogP contribution in [-0.4, -0.2) is 29.1 Å². The van der Waals surface area contributed by atoms with Gasteiger partial charge in [0.15, 0.2) is 0 Å². The molecule has 0 saturated carbocycles. The minimum Gasteiger partial charge on any atom is -0.491 e. The number of unbranched alkanes of at least 4 members (excludes halogenated alkanes) is 2. The maximum absolute atomic E-state index is 6.38. The zero-order chi connectivity index (χ0) is 22.8. The van der Waals surface area contributed by atoms with E-state index in [0.717, 1.165) is 49.6 Å². The van der Waals surface area contributed by atoms with Gasteiger partial charge in [0.1, 0.15) is 5.75 Å². The molecule has 172 valence electrons. The number of pyridine rings is 1. The predicted octanol–water partition coefficient (Wildman–Crippen LogP) is 7.37. The number of hydrogen-bond donors (Lipinski definition) is 0. The van der Waals surface area contributed by atoms with E-state index in [-0.39, 0.29) is 6.10 Å². The summed E-state index contributed by atoms with van der Waals surface area (Å²) < 4.78 is 6.38. The summed E-state index contributed by atoms with van der Waals surface area (Å²) in [5.74, 6) is 1.00. The minimum atomic E-state index is 0.139. The van der Waals surface area contributed by atoms with E-state index >= 15 is 0 Å². The van der Waals surface area contributed by atoms with E-state index in [1.54, 1.807) is 0 Å². The Hall–Kier alpha value is -1.87. The molecule has 1 heterocycles.